The summed E-state index contributed by atoms with van der Waals surface area (Å²) in [6.07, 6.45) is 1.89. The molecular formula is C13H20O4. The van der Waals surface area contributed by atoms with Gasteiger partial charge in [-0.15, -0.1) is 0 Å². The normalized spacial score (nSPS) is 25.7. The van der Waals surface area contributed by atoms with E-state index in [4.69, 9.17) is 4.74 Å². The molecule has 0 radical (unpaired) electrons. The lowest BCUT2D eigenvalue weighted by Crippen LogP contribution is -2.43. The van der Waals surface area contributed by atoms with Crippen LogP contribution in [0.2, 0.25) is 0 Å². The molecule has 0 amide bonds. The average molecular weight is 240 g/mol. The molecule has 0 bridgehead atoms. The quantitative estimate of drug-likeness (QED) is 0.544. The number of esters is 1. The maximum Gasteiger partial charge on any atom is 0.319 e. The van der Waals surface area contributed by atoms with E-state index in [0.717, 1.165) is 0 Å². The van der Waals surface area contributed by atoms with Crippen molar-refractivity contribution in [2.45, 2.75) is 46.5 Å². The van der Waals surface area contributed by atoms with Crippen molar-refractivity contribution in [2.24, 2.45) is 11.3 Å². The van der Waals surface area contributed by atoms with Crippen molar-refractivity contribution < 1.29 is 19.1 Å². The predicted octanol–water partition coefficient (Wildman–Crippen LogP) is 1.90. The van der Waals surface area contributed by atoms with E-state index in [1.165, 1.54) is 6.92 Å². The Morgan fingerprint density at radius 1 is 1.47 bits per heavy atom. The van der Waals surface area contributed by atoms with Crippen LogP contribution < -0.4 is 0 Å². The van der Waals surface area contributed by atoms with Crippen LogP contribution in [0.4, 0.5) is 0 Å². The Bertz CT molecular complexity index is 334. The summed E-state index contributed by atoms with van der Waals surface area (Å²) in [6.45, 7) is 5.26. The van der Waals surface area contributed by atoms with Crippen molar-refractivity contribution in [3.63, 3.8) is 0 Å². The van der Waals surface area contributed by atoms with Crippen LogP contribution in [0.15, 0.2) is 0 Å². The van der Waals surface area contributed by atoms with Gasteiger partial charge in [0, 0.05) is 12.8 Å². The number of carbonyl (C=O) groups excluding carboxylic acids is 3. The zero-order chi connectivity index (χ0) is 13.1. The number of ether oxygens (including phenoxy) is 1. The first-order valence-electron chi connectivity index (χ1n) is 6.15. The lowest BCUT2D eigenvalue weighted by molar-refractivity contribution is -0.162. The fourth-order valence-corrected chi connectivity index (χ4v) is 2.69. The van der Waals surface area contributed by atoms with Crippen LogP contribution in [0.1, 0.15) is 46.5 Å². The molecule has 0 heterocycles. The largest absolute Gasteiger partial charge is 0.465 e. The number of ketones is 2. The molecule has 1 saturated carbocycles. The highest BCUT2D eigenvalue weighted by molar-refractivity contribution is 6.06. The monoisotopic (exact) mass is 240 g/mol. The number of hydrogen-bond acceptors (Lipinski definition) is 4. The van der Waals surface area contributed by atoms with Gasteiger partial charge in [-0.05, 0) is 32.6 Å². The van der Waals surface area contributed by atoms with Crippen LogP contribution in [-0.2, 0) is 19.1 Å². The summed E-state index contributed by atoms with van der Waals surface area (Å²) in [5, 5.41) is 0. The summed E-state index contributed by atoms with van der Waals surface area (Å²) < 4.78 is 5.03. The Balaban J connectivity index is 2.97. The van der Waals surface area contributed by atoms with Crippen LogP contribution in [0, 0.1) is 11.3 Å². The fraction of sp³-hybridized carbons (Fsp3) is 0.769. The fourth-order valence-electron chi connectivity index (χ4n) is 2.69. The Hall–Kier alpha value is -1.19. The predicted molar refractivity (Wildman–Crippen MR) is 62.4 cm³/mol. The summed E-state index contributed by atoms with van der Waals surface area (Å²) in [6, 6.07) is 0. The molecule has 1 fully saturated rings. The van der Waals surface area contributed by atoms with Gasteiger partial charge in [0.1, 0.15) is 17.0 Å². The van der Waals surface area contributed by atoms with E-state index < -0.39 is 11.4 Å². The zero-order valence-electron chi connectivity index (χ0n) is 10.7. The molecule has 17 heavy (non-hydrogen) atoms. The number of carbonyl (C=O) groups is 3. The molecule has 0 saturated heterocycles. The molecule has 0 aromatic heterocycles. The van der Waals surface area contributed by atoms with Gasteiger partial charge >= 0.3 is 5.97 Å². The smallest absolute Gasteiger partial charge is 0.319 e. The second-order valence-corrected chi connectivity index (χ2v) is 4.78. The highest BCUT2D eigenvalue weighted by Gasteiger charge is 2.53. The first-order chi connectivity index (χ1) is 7.95. The molecule has 4 nitrogen and oxygen atoms in total. The van der Waals surface area contributed by atoms with Gasteiger partial charge in [0.2, 0.25) is 0 Å². The standard InChI is InChI=1S/C13H20O4/c1-4-17-12(16)13(7-5-6-11(13)15)9(2)8-10(3)14/h9H,4-8H2,1-3H3/t9-,13-/m1/s1. The topological polar surface area (TPSA) is 60.4 Å². The van der Waals surface area contributed by atoms with E-state index in [9.17, 15) is 14.4 Å². The molecule has 0 unspecified atom stereocenters. The summed E-state index contributed by atoms with van der Waals surface area (Å²) in [7, 11) is 0. The Morgan fingerprint density at radius 3 is 2.53 bits per heavy atom. The van der Waals surface area contributed by atoms with Gasteiger partial charge in [0.25, 0.3) is 0 Å². The summed E-state index contributed by atoms with van der Waals surface area (Å²) in [4.78, 5) is 35.2. The summed E-state index contributed by atoms with van der Waals surface area (Å²) in [5.41, 5.74) is -1.07. The minimum absolute atomic E-state index is 0.000809. The highest BCUT2D eigenvalue weighted by atomic mass is 16.5. The third kappa shape index (κ3) is 2.56. The van der Waals surface area contributed by atoms with Crippen LogP contribution in [0.3, 0.4) is 0 Å². The Kier molecular flexibility index (Phi) is 4.43. The minimum atomic E-state index is -1.07. The molecule has 0 N–H and O–H groups in total. The van der Waals surface area contributed by atoms with E-state index in [1.807, 2.05) is 0 Å². The van der Waals surface area contributed by atoms with Crippen molar-refractivity contribution >= 4 is 17.5 Å². The molecule has 0 spiro atoms. The molecule has 4 heteroatoms. The van der Waals surface area contributed by atoms with Gasteiger partial charge in [-0.2, -0.15) is 0 Å². The molecule has 1 rings (SSSR count). The highest BCUT2D eigenvalue weighted by Crippen LogP contribution is 2.44. The van der Waals surface area contributed by atoms with Crippen molar-refractivity contribution in [1.29, 1.82) is 0 Å². The molecule has 1 aliphatic rings. The first-order valence-corrected chi connectivity index (χ1v) is 6.15. The maximum atomic E-state index is 12.0. The van der Waals surface area contributed by atoms with Crippen molar-refractivity contribution in [1.82, 2.24) is 0 Å². The van der Waals surface area contributed by atoms with Crippen molar-refractivity contribution in [3.8, 4) is 0 Å². The summed E-state index contributed by atoms with van der Waals surface area (Å²) >= 11 is 0. The molecule has 2 atom stereocenters. The van der Waals surface area contributed by atoms with E-state index in [0.29, 0.717) is 19.3 Å². The minimum Gasteiger partial charge on any atom is -0.465 e. The van der Waals surface area contributed by atoms with Gasteiger partial charge in [0.15, 0.2) is 0 Å². The molecule has 0 aromatic carbocycles. The van der Waals surface area contributed by atoms with E-state index >= 15 is 0 Å². The van der Waals surface area contributed by atoms with Gasteiger partial charge in [-0.1, -0.05) is 6.92 Å². The lowest BCUT2D eigenvalue weighted by Gasteiger charge is -2.30. The Labute approximate surface area is 102 Å². The van der Waals surface area contributed by atoms with Gasteiger partial charge in [-0.25, -0.2) is 0 Å². The lowest BCUT2D eigenvalue weighted by atomic mass is 9.72. The SMILES string of the molecule is CCOC(=O)[C@@]1([C@H](C)CC(C)=O)CCCC1=O. The zero-order valence-corrected chi connectivity index (χ0v) is 10.7. The van der Waals surface area contributed by atoms with Crippen LogP contribution in [0.25, 0.3) is 0 Å². The van der Waals surface area contributed by atoms with E-state index in [1.54, 1.807) is 13.8 Å². The number of Topliss-reactive ketones (excluding diaryl/α,β-unsaturated/α-hetero) is 2. The van der Waals surface area contributed by atoms with E-state index in [2.05, 4.69) is 0 Å². The van der Waals surface area contributed by atoms with Crippen LogP contribution in [-0.4, -0.2) is 24.1 Å². The average Bonchev–Trinajstić information content (AvgIpc) is 2.60. The van der Waals surface area contributed by atoms with Crippen LogP contribution in [0.5, 0.6) is 0 Å². The van der Waals surface area contributed by atoms with Gasteiger partial charge in [0.05, 0.1) is 6.61 Å². The molecule has 96 valence electrons. The van der Waals surface area contributed by atoms with Crippen molar-refractivity contribution in [3.05, 3.63) is 0 Å². The third-order valence-corrected chi connectivity index (χ3v) is 3.55. The third-order valence-electron chi connectivity index (χ3n) is 3.55. The number of hydrogen-bond donors (Lipinski definition) is 0. The van der Waals surface area contributed by atoms with Gasteiger partial charge in [-0.3, -0.25) is 9.59 Å². The van der Waals surface area contributed by atoms with Crippen LogP contribution >= 0.6 is 0 Å². The summed E-state index contributed by atoms with van der Waals surface area (Å²) in [5.74, 6) is -0.782. The van der Waals surface area contributed by atoms with Crippen molar-refractivity contribution in [2.75, 3.05) is 6.61 Å². The maximum absolute atomic E-state index is 12.0. The second-order valence-electron chi connectivity index (χ2n) is 4.78. The first kappa shape index (κ1) is 13.9. The molecule has 1 aliphatic carbocycles. The number of rotatable bonds is 5. The second kappa shape index (κ2) is 5.43. The van der Waals surface area contributed by atoms with Gasteiger partial charge < -0.3 is 9.53 Å². The molecule has 0 aliphatic heterocycles. The Morgan fingerprint density at radius 2 is 2.12 bits per heavy atom. The molecular weight excluding hydrogens is 220 g/mol. The molecule has 0 aromatic rings. The van der Waals surface area contributed by atoms with E-state index in [-0.39, 0.29) is 30.5 Å².